The van der Waals surface area contributed by atoms with Crippen LogP contribution in [0.5, 0.6) is 5.75 Å². The van der Waals surface area contributed by atoms with Gasteiger partial charge in [0.05, 0.1) is 11.8 Å². The molecule has 0 unspecified atom stereocenters. The number of aliphatic carboxylic acids is 1. The predicted molar refractivity (Wildman–Crippen MR) is 124 cm³/mol. The average Bonchev–Trinajstić information content (AvgIpc) is 3.19. The van der Waals surface area contributed by atoms with E-state index in [-0.39, 0.29) is 5.78 Å². The molecule has 1 aromatic heterocycles. The lowest BCUT2D eigenvalue weighted by Gasteiger charge is -2.24. The van der Waals surface area contributed by atoms with Crippen LogP contribution in [0.3, 0.4) is 0 Å². The van der Waals surface area contributed by atoms with Gasteiger partial charge in [0.2, 0.25) is 0 Å². The molecule has 0 aliphatic carbocycles. The Kier molecular flexibility index (Phi) is 6.60. The van der Waals surface area contributed by atoms with Gasteiger partial charge in [0.15, 0.2) is 11.4 Å². The number of fused-ring (bicyclic) bond motifs is 1. The highest BCUT2D eigenvalue weighted by atomic mass is 32.2. The van der Waals surface area contributed by atoms with E-state index in [0.717, 1.165) is 32.7 Å². The van der Waals surface area contributed by atoms with Crippen molar-refractivity contribution in [2.24, 2.45) is 0 Å². The molecule has 5 nitrogen and oxygen atoms in total. The van der Waals surface area contributed by atoms with Crippen molar-refractivity contribution in [3.05, 3.63) is 64.9 Å². The molecule has 0 amide bonds. The molecule has 0 aliphatic heterocycles. The third-order valence-corrected chi connectivity index (χ3v) is 5.88. The van der Waals surface area contributed by atoms with Crippen LogP contribution < -0.4 is 4.74 Å². The Balaban J connectivity index is 1.86. The maximum absolute atomic E-state index is 12.9. The van der Waals surface area contributed by atoms with Gasteiger partial charge in [-0.25, -0.2) is 4.79 Å². The first-order valence-electron chi connectivity index (χ1n) is 10.0. The van der Waals surface area contributed by atoms with Gasteiger partial charge in [0, 0.05) is 10.3 Å². The number of hydrogen-bond acceptors (Lipinski definition) is 5. The topological polar surface area (TPSA) is 76.7 Å². The maximum atomic E-state index is 12.9. The van der Waals surface area contributed by atoms with Crippen LogP contribution in [0, 0.1) is 13.8 Å². The van der Waals surface area contributed by atoms with Crippen LogP contribution >= 0.6 is 11.8 Å². The summed E-state index contributed by atoms with van der Waals surface area (Å²) in [6.45, 7) is 8.83. The summed E-state index contributed by atoms with van der Waals surface area (Å²) in [4.78, 5) is 25.3. The number of ether oxygens (including phenoxy) is 1. The first-order chi connectivity index (χ1) is 14.6. The van der Waals surface area contributed by atoms with Gasteiger partial charge in [-0.3, -0.25) is 4.79 Å². The first kappa shape index (κ1) is 22.7. The third kappa shape index (κ3) is 4.85. The van der Waals surface area contributed by atoms with E-state index in [4.69, 9.17) is 9.15 Å². The fraction of sp³-hybridized carbons (Fsp3) is 0.280. The van der Waals surface area contributed by atoms with E-state index in [0.29, 0.717) is 16.9 Å². The number of benzene rings is 2. The molecule has 0 saturated carbocycles. The van der Waals surface area contributed by atoms with Crippen LogP contribution in [-0.2, 0) is 4.79 Å². The quantitative estimate of drug-likeness (QED) is 0.253. The van der Waals surface area contributed by atoms with Gasteiger partial charge in [-0.2, -0.15) is 0 Å². The van der Waals surface area contributed by atoms with Gasteiger partial charge in [-0.1, -0.05) is 13.0 Å². The summed E-state index contributed by atoms with van der Waals surface area (Å²) in [7, 11) is 0. The highest BCUT2D eigenvalue weighted by molar-refractivity contribution is 7.99. The predicted octanol–water partition coefficient (Wildman–Crippen LogP) is 6.30. The molecule has 3 rings (SSSR count). The van der Waals surface area contributed by atoms with Crippen molar-refractivity contribution in [2.45, 2.75) is 45.1 Å². The Labute approximate surface area is 186 Å². The van der Waals surface area contributed by atoms with E-state index in [9.17, 15) is 14.7 Å². The van der Waals surface area contributed by atoms with Gasteiger partial charge in [0.25, 0.3) is 0 Å². The minimum atomic E-state index is -1.33. The summed E-state index contributed by atoms with van der Waals surface area (Å²) in [5.74, 6) is 0.302. The monoisotopic (exact) mass is 438 g/mol. The van der Waals surface area contributed by atoms with Gasteiger partial charge >= 0.3 is 5.97 Å². The van der Waals surface area contributed by atoms with Crippen molar-refractivity contribution in [3.63, 3.8) is 0 Å². The molecule has 0 aliphatic rings. The average molecular weight is 439 g/mol. The Hall–Kier alpha value is -2.99. The van der Waals surface area contributed by atoms with Gasteiger partial charge in [-0.15, -0.1) is 11.8 Å². The SMILES string of the molecule is CCSc1ccc(C(=O)C=Cc2cc(C)c(OC(C)(C)C(=O)O)c(C)c2)c2occc12. The molecule has 0 spiro atoms. The number of thioether (sulfide) groups is 1. The van der Waals surface area contributed by atoms with Gasteiger partial charge < -0.3 is 14.3 Å². The van der Waals surface area contributed by atoms with E-state index in [1.165, 1.54) is 19.9 Å². The van der Waals surface area contributed by atoms with Crippen molar-refractivity contribution in [3.8, 4) is 5.75 Å². The van der Waals surface area contributed by atoms with E-state index < -0.39 is 11.6 Å². The summed E-state index contributed by atoms with van der Waals surface area (Å²) in [6.07, 6.45) is 4.88. The van der Waals surface area contributed by atoms with Crippen molar-refractivity contribution in [1.29, 1.82) is 0 Å². The fourth-order valence-electron chi connectivity index (χ4n) is 3.31. The van der Waals surface area contributed by atoms with Crippen molar-refractivity contribution < 1.29 is 23.8 Å². The number of carbonyl (C=O) groups is 2. The number of carboxylic acid groups (broad SMARTS) is 1. The minimum Gasteiger partial charge on any atom is -0.478 e. The zero-order valence-corrected chi connectivity index (χ0v) is 19.1. The zero-order valence-electron chi connectivity index (χ0n) is 18.3. The molecule has 3 aromatic rings. The first-order valence-corrected chi connectivity index (χ1v) is 11.0. The Bertz CT molecular complexity index is 1150. The number of carbonyl (C=O) groups excluding carboxylic acids is 1. The molecule has 162 valence electrons. The number of furan rings is 1. The summed E-state index contributed by atoms with van der Waals surface area (Å²) >= 11 is 1.71. The highest BCUT2D eigenvalue weighted by Gasteiger charge is 2.30. The third-order valence-electron chi connectivity index (χ3n) is 4.92. The second-order valence-corrected chi connectivity index (χ2v) is 9.11. The number of allylic oxidation sites excluding steroid dienone is 1. The van der Waals surface area contributed by atoms with Gasteiger partial charge in [0.1, 0.15) is 11.3 Å². The van der Waals surface area contributed by atoms with Crippen LogP contribution in [0.15, 0.2) is 52.0 Å². The molecule has 2 aromatic carbocycles. The lowest BCUT2D eigenvalue weighted by atomic mass is 10.0. The number of hydrogen-bond donors (Lipinski definition) is 1. The van der Waals surface area contributed by atoms with Crippen molar-refractivity contribution >= 4 is 40.6 Å². The number of aryl methyl sites for hydroxylation is 2. The smallest absolute Gasteiger partial charge is 0.347 e. The molecule has 0 fully saturated rings. The second-order valence-electron chi connectivity index (χ2n) is 7.81. The Morgan fingerprint density at radius 2 is 1.84 bits per heavy atom. The summed E-state index contributed by atoms with van der Waals surface area (Å²) in [6, 6.07) is 9.38. The molecular formula is C25H26O5S. The molecule has 0 atom stereocenters. The molecule has 31 heavy (non-hydrogen) atoms. The van der Waals surface area contributed by atoms with E-state index >= 15 is 0 Å². The van der Waals surface area contributed by atoms with Crippen molar-refractivity contribution in [1.82, 2.24) is 0 Å². The second kappa shape index (κ2) is 9.02. The van der Waals surface area contributed by atoms with Crippen LogP contribution in [0.25, 0.3) is 17.0 Å². The zero-order chi connectivity index (χ0) is 22.8. The highest BCUT2D eigenvalue weighted by Crippen LogP contribution is 2.32. The number of carboxylic acids is 1. The van der Waals surface area contributed by atoms with E-state index in [1.54, 1.807) is 30.2 Å². The lowest BCUT2D eigenvalue weighted by Crippen LogP contribution is -2.38. The number of rotatable bonds is 8. The Morgan fingerprint density at radius 3 is 2.45 bits per heavy atom. The molecule has 1 N–H and O–H groups in total. The molecular weight excluding hydrogens is 412 g/mol. The summed E-state index contributed by atoms with van der Waals surface area (Å²) in [5, 5.41) is 10.3. The van der Waals surface area contributed by atoms with Crippen LogP contribution in [0.1, 0.15) is 47.8 Å². The van der Waals surface area contributed by atoms with Gasteiger partial charge in [-0.05, 0) is 86.5 Å². The molecule has 0 bridgehead atoms. The van der Waals surface area contributed by atoms with Crippen LogP contribution in [0.2, 0.25) is 0 Å². The van der Waals surface area contributed by atoms with E-state index in [2.05, 4.69) is 6.92 Å². The van der Waals surface area contributed by atoms with Crippen LogP contribution in [-0.4, -0.2) is 28.2 Å². The minimum absolute atomic E-state index is 0.143. The lowest BCUT2D eigenvalue weighted by molar-refractivity contribution is -0.152. The Morgan fingerprint density at radius 1 is 1.16 bits per heavy atom. The standard InChI is InChI=1S/C25H26O5S/c1-6-31-21-10-8-18(23-19(21)11-12-29-23)20(26)9-7-17-13-15(2)22(16(3)14-17)30-25(4,5)24(27)28/h7-14H,6H2,1-5H3,(H,27,28). The molecule has 0 saturated heterocycles. The number of ketones is 1. The summed E-state index contributed by atoms with van der Waals surface area (Å²) < 4.78 is 11.3. The fourth-order valence-corrected chi connectivity index (χ4v) is 4.10. The molecule has 1 heterocycles. The normalized spacial score (nSPS) is 11.9. The summed E-state index contributed by atoms with van der Waals surface area (Å²) in [5.41, 5.74) is 2.22. The molecule has 0 radical (unpaired) electrons. The van der Waals surface area contributed by atoms with Crippen LogP contribution in [0.4, 0.5) is 0 Å². The maximum Gasteiger partial charge on any atom is 0.347 e. The van der Waals surface area contributed by atoms with E-state index in [1.807, 2.05) is 38.1 Å². The molecule has 6 heteroatoms. The van der Waals surface area contributed by atoms with Crippen molar-refractivity contribution in [2.75, 3.05) is 5.75 Å². The largest absolute Gasteiger partial charge is 0.478 e.